The Labute approximate surface area is 171 Å². The van der Waals surface area contributed by atoms with Crippen LogP contribution in [0.5, 0.6) is 0 Å². The standard InChI is InChI=1S/C22H29N3O2S/c1-16(2)18-5-7-19(8-6-18)24-22(27)21(26)23-14-17-9-11-25(12-10-17)15-20-4-3-13-28-20/h3-8,13,16-17H,9-12,14-15H2,1-2H3,(H,23,26)(H,24,27). The van der Waals surface area contributed by atoms with E-state index >= 15 is 0 Å². The molecular weight excluding hydrogens is 370 g/mol. The van der Waals surface area contributed by atoms with E-state index in [1.165, 1.54) is 10.4 Å². The zero-order valence-electron chi connectivity index (χ0n) is 16.6. The maximum absolute atomic E-state index is 12.1. The number of nitrogens with one attached hydrogen (secondary N) is 2. The summed E-state index contributed by atoms with van der Waals surface area (Å²) in [5.74, 6) is -0.298. The van der Waals surface area contributed by atoms with Crippen LogP contribution in [0.2, 0.25) is 0 Å². The average molecular weight is 400 g/mol. The van der Waals surface area contributed by atoms with Crippen LogP contribution < -0.4 is 10.6 Å². The van der Waals surface area contributed by atoms with Gasteiger partial charge < -0.3 is 10.6 Å². The number of hydrogen-bond acceptors (Lipinski definition) is 4. The van der Waals surface area contributed by atoms with Gasteiger partial charge in [0.2, 0.25) is 0 Å². The molecule has 150 valence electrons. The third-order valence-corrected chi connectivity index (χ3v) is 6.12. The van der Waals surface area contributed by atoms with E-state index in [-0.39, 0.29) is 0 Å². The maximum atomic E-state index is 12.1. The number of piperidine rings is 1. The Morgan fingerprint density at radius 2 is 1.82 bits per heavy atom. The molecule has 0 radical (unpaired) electrons. The Morgan fingerprint density at radius 1 is 1.11 bits per heavy atom. The van der Waals surface area contributed by atoms with Crippen molar-refractivity contribution in [1.29, 1.82) is 0 Å². The number of hydrogen-bond donors (Lipinski definition) is 2. The van der Waals surface area contributed by atoms with Crippen LogP contribution in [0.1, 0.15) is 43.0 Å². The maximum Gasteiger partial charge on any atom is 0.313 e. The minimum absolute atomic E-state index is 0.432. The summed E-state index contributed by atoms with van der Waals surface area (Å²) in [5.41, 5.74) is 1.85. The Bertz CT molecular complexity index is 764. The highest BCUT2D eigenvalue weighted by Gasteiger charge is 2.21. The zero-order chi connectivity index (χ0) is 19.9. The van der Waals surface area contributed by atoms with Crippen LogP contribution in [0.3, 0.4) is 0 Å². The summed E-state index contributed by atoms with van der Waals surface area (Å²) in [6.07, 6.45) is 2.09. The third-order valence-electron chi connectivity index (χ3n) is 5.26. The molecule has 1 aromatic carbocycles. The number of carbonyl (C=O) groups excluding carboxylic acids is 2. The highest BCUT2D eigenvalue weighted by atomic mass is 32.1. The second kappa shape index (κ2) is 9.85. The smallest absolute Gasteiger partial charge is 0.313 e. The number of likely N-dealkylation sites (tertiary alicyclic amines) is 1. The van der Waals surface area contributed by atoms with Gasteiger partial charge in [-0.15, -0.1) is 11.3 Å². The van der Waals surface area contributed by atoms with Gasteiger partial charge in [0.25, 0.3) is 0 Å². The SMILES string of the molecule is CC(C)c1ccc(NC(=O)C(=O)NCC2CCN(Cc3cccs3)CC2)cc1. The summed E-state index contributed by atoms with van der Waals surface area (Å²) < 4.78 is 0. The van der Waals surface area contributed by atoms with E-state index in [9.17, 15) is 9.59 Å². The van der Waals surface area contributed by atoms with Crippen LogP contribution in [0, 0.1) is 5.92 Å². The van der Waals surface area contributed by atoms with Gasteiger partial charge >= 0.3 is 11.8 Å². The highest BCUT2D eigenvalue weighted by Crippen LogP contribution is 2.20. The number of carbonyl (C=O) groups is 2. The second-order valence-electron chi connectivity index (χ2n) is 7.74. The molecule has 2 aromatic rings. The van der Waals surface area contributed by atoms with Gasteiger partial charge in [-0.05, 0) is 66.9 Å². The molecule has 5 nitrogen and oxygen atoms in total. The quantitative estimate of drug-likeness (QED) is 0.726. The van der Waals surface area contributed by atoms with E-state index in [2.05, 4.69) is 46.9 Å². The molecule has 1 aliphatic heterocycles. The number of amides is 2. The predicted octanol–water partition coefficient (Wildman–Crippen LogP) is 3.84. The molecule has 6 heteroatoms. The molecule has 2 N–H and O–H groups in total. The van der Waals surface area contributed by atoms with E-state index in [0.717, 1.165) is 32.5 Å². The summed E-state index contributed by atoms with van der Waals surface area (Å²) in [7, 11) is 0. The fraction of sp³-hybridized carbons (Fsp3) is 0.455. The lowest BCUT2D eigenvalue weighted by molar-refractivity contribution is -0.136. The fourth-order valence-corrected chi connectivity index (χ4v) is 4.17. The van der Waals surface area contributed by atoms with Crippen molar-refractivity contribution in [2.45, 2.75) is 39.2 Å². The summed E-state index contributed by atoms with van der Waals surface area (Å²) in [6, 6.07) is 11.9. The van der Waals surface area contributed by atoms with Crippen molar-refractivity contribution in [2.24, 2.45) is 5.92 Å². The van der Waals surface area contributed by atoms with Crippen molar-refractivity contribution in [3.63, 3.8) is 0 Å². The van der Waals surface area contributed by atoms with Gasteiger partial charge in [-0.3, -0.25) is 14.5 Å². The summed E-state index contributed by atoms with van der Waals surface area (Å²) in [5, 5.41) is 7.58. The van der Waals surface area contributed by atoms with Gasteiger partial charge in [-0.25, -0.2) is 0 Å². The summed E-state index contributed by atoms with van der Waals surface area (Å²) >= 11 is 1.79. The zero-order valence-corrected chi connectivity index (χ0v) is 17.4. The minimum atomic E-state index is -0.604. The first-order chi connectivity index (χ1) is 13.5. The van der Waals surface area contributed by atoms with Crippen LogP contribution >= 0.6 is 11.3 Å². The van der Waals surface area contributed by atoms with E-state index in [1.54, 1.807) is 11.3 Å². The van der Waals surface area contributed by atoms with Crippen molar-refractivity contribution in [2.75, 3.05) is 25.0 Å². The van der Waals surface area contributed by atoms with Crippen LogP contribution in [-0.4, -0.2) is 36.3 Å². The van der Waals surface area contributed by atoms with Crippen LogP contribution in [0.15, 0.2) is 41.8 Å². The van der Waals surface area contributed by atoms with Gasteiger partial charge in [-0.1, -0.05) is 32.0 Å². The van der Waals surface area contributed by atoms with E-state index in [4.69, 9.17) is 0 Å². The van der Waals surface area contributed by atoms with Gasteiger partial charge in [0, 0.05) is 23.7 Å². The second-order valence-corrected chi connectivity index (χ2v) is 8.77. The Kier molecular flexibility index (Phi) is 7.23. The average Bonchev–Trinajstić information content (AvgIpc) is 3.20. The lowest BCUT2D eigenvalue weighted by Gasteiger charge is -2.31. The molecule has 1 fully saturated rings. The predicted molar refractivity (Wildman–Crippen MR) is 114 cm³/mol. The molecule has 0 spiro atoms. The molecule has 1 aliphatic rings. The van der Waals surface area contributed by atoms with E-state index in [0.29, 0.717) is 24.1 Å². The van der Waals surface area contributed by atoms with Crippen LogP contribution in [-0.2, 0) is 16.1 Å². The topological polar surface area (TPSA) is 61.4 Å². The first-order valence-electron chi connectivity index (χ1n) is 9.95. The van der Waals surface area contributed by atoms with Gasteiger partial charge in [-0.2, -0.15) is 0 Å². The van der Waals surface area contributed by atoms with Crippen molar-refractivity contribution >= 4 is 28.8 Å². The molecule has 0 bridgehead atoms. The molecule has 2 heterocycles. The number of anilines is 1. The Balaban J connectivity index is 1.37. The molecular formula is C22H29N3O2S. The summed E-state index contributed by atoms with van der Waals surface area (Å²) in [4.78, 5) is 28.1. The number of rotatable bonds is 6. The van der Waals surface area contributed by atoms with Crippen LogP contribution in [0.4, 0.5) is 5.69 Å². The first kappa shape index (κ1) is 20.6. The highest BCUT2D eigenvalue weighted by molar-refractivity contribution is 7.09. The molecule has 1 saturated heterocycles. The van der Waals surface area contributed by atoms with E-state index < -0.39 is 11.8 Å². The molecule has 2 amide bonds. The Morgan fingerprint density at radius 3 is 2.43 bits per heavy atom. The normalized spacial score (nSPS) is 15.5. The van der Waals surface area contributed by atoms with Gasteiger partial charge in [0.05, 0.1) is 0 Å². The first-order valence-corrected chi connectivity index (χ1v) is 10.8. The molecule has 0 unspecified atom stereocenters. The molecule has 0 saturated carbocycles. The van der Waals surface area contributed by atoms with Gasteiger partial charge in [0.15, 0.2) is 0 Å². The van der Waals surface area contributed by atoms with Gasteiger partial charge in [0.1, 0.15) is 0 Å². The fourth-order valence-electron chi connectivity index (χ4n) is 3.43. The lowest BCUT2D eigenvalue weighted by atomic mass is 9.97. The molecule has 28 heavy (non-hydrogen) atoms. The largest absolute Gasteiger partial charge is 0.348 e. The van der Waals surface area contributed by atoms with Crippen molar-refractivity contribution in [3.8, 4) is 0 Å². The number of nitrogens with zero attached hydrogens (tertiary/aromatic N) is 1. The van der Waals surface area contributed by atoms with E-state index in [1.807, 2.05) is 24.3 Å². The van der Waals surface area contributed by atoms with Crippen molar-refractivity contribution in [3.05, 3.63) is 52.2 Å². The monoisotopic (exact) mass is 399 g/mol. The van der Waals surface area contributed by atoms with Crippen molar-refractivity contribution < 1.29 is 9.59 Å². The minimum Gasteiger partial charge on any atom is -0.348 e. The molecule has 3 rings (SSSR count). The third kappa shape index (κ3) is 5.91. The molecule has 0 atom stereocenters. The number of benzene rings is 1. The Hall–Kier alpha value is -2.18. The number of thiophene rings is 1. The van der Waals surface area contributed by atoms with Crippen molar-refractivity contribution in [1.82, 2.24) is 10.2 Å². The van der Waals surface area contributed by atoms with Crippen LogP contribution in [0.25, 0.3) is 0 Å². The lowest BCUT2D eigenvalue weighted by Crippen LogP contribution is -2.41. The summed E-state index contributed by atoms with van der Waals surface area (Å²) in [6.45, 7) is 7.88. The molecule has 1 aromatic heterocycles. The molecule has 0 aliphatic carbocycles.